The van der Waals surface area contributed by atoms with Crippen molar-refractivity contribution in [1.29, 1.82) is 0 Å². The minimum Gasteiger partial charge on any atom is -0.497 e. The molecule has 0 bridgehead atoms. The molecule has 0 atom stereocenters. The third-order valence-electron chi connectivity index (χ3n) is 1.94. The van der Waals surface area contributed by atoms with Gasteiger partial charge in [-0.15, -0.1) is 0 Å². The molecule has 1 aromatic carbocycles. The predicted molar refractivity (Wildman–Crippen MR) is 60.4 cm³/mol. The standard InChI is InChI=1S/C11H9NO2S/c1-14-9-4-2-8(3-5-9)11-12-7-6-10(13)15-11/h2-7H,1H3. The monoisotopic (exact) mass is 219 g/mol. The van der Waals surface area contributed by atoms with Gasteiger partial charge in [0.15, 0.2) is 0 Å². The van der Waals surface area contributed by atoms with Crippen LogP contribution in [0.15, 0.2) is 41.3 Å². The molecule has 0 aliphatic heterocycles. The average molecular weight is 219 g/mol. The molecule has 3 nitrogen and oxygen atoms in total. The summed E-state index contributed by atoms with van der Waals surface area (Å²) in [5.41, 5.74) is 0.929. The highest BCUT2D eigenvalue weighted by atomic mass is 32.1. The molecular weight excluding hydrogens is 210 g/mol. The molecule has 0 N–H and O–H groups in total. The topological polar surface area (TPSA) is 39.2 Å². The predicted octanol–water partition coefficient (Wildman–Crippen LogP) is 2.18. The van der Waals surface area contributed by atoms with E-state index in [1.165, 1.54) is 12.3 Å². The summed E-state index contributed by atoms with van der Waals surface area (Å²) in [6.45, 7) is 0. The summed E-state index contributed by atoms with van der Waals surface area (Å²) in [7, 11) is 1.62. The van der Waals surface area contributed by atoms with Crippen LogP contribution in [0.2, 0.25) is 0 Å². The summed E-state index contributed by atoms with van der Waals surface area (Å²) >= 11 is 1.14. The van der Waals surface area contributed by atoms with Crippen LogP contribution in [0.5, 0.6) is 5.75 Å². The van der Waals surface area contributed by atoms with Crippen molar-refractivity contribution in [3.05, 3.63) is 46.1 Å². The maximum Gasteiger partial charge on any atom is 0.235 e. The number of ether oxygens (including phenoxy) is 1. The van der Waals surface area contributed by atoms with Gasteiger partial charge in [-0.3, -0.25) is 4.79 Å². The summed E-state index contributed by atoms with van der Waals surface area (Å²) in [4.78, 5) is 15.3. The van der Waals surface area contributed by atoms with Crippen LogP contribution in [0.1, 0.15) is 0 Å². The lowest BCUT2D eigenvalue weighted by molar-refractivity contribution is 0.415. The van der Waals surface area contributed by atoms with Crippen molar-refractivity contribution in [2.75, 3.05) is 7.11 Å². The smallest absolute Gasteiger partial charge is 0.235 e. The van der Waals surface area contributed by atoms with Gasteiger partial charge in [0.1, 0.15) is 10.8 Å². The minimum atomic E-state index is 0.0100. The zero-order valence-electron chi connectivity index (χ0n) is 8.14. The van der Waals surface area contributed by atoms with E-state index in [0.29, 0.717) is 0 Å². The summed E-state index contributed by atoms with van der Waals surface area (Å²) in [6.07, 6.45) is 1.53. The van der Waals surface area contributed by atoms with E-state index in [4.69, 9.17) is 4.74 Å². The van der Waals surface area contributed by atoms with E-state index in [0.717, 1.165) is 27.7 Å². The molecule has 0 unspecified atom stereocenters. The van der Waals surface area contributed by atoms with Crippen molar-refractivity contribution in [2.45, 2.75) is 0 Å². The Kier molecular flexibility index (Phi) is 2.78. The van der Waals surface area contributed by atoms with Gasteiger partial charge in [0, 0.05) is 17.8 Å². The molecule has 2 rings (SSSR count). The molecule has 0 saturated carbocycles. The third kappa shape index (κ3) is 2.22. The lowest BCUT2D eigenvalue weighted by atomic mass is 10.2. The van der Waals surface area contributed by atoms with Crippen LogP contribution in [0.25, 0.3) is 10.6 Å². The molecule has 1 heterocycles. The highest BCUT2D eigenvalue weighted by Crippen LogP contribution is 2.21. The van der Waals surface area contributed by atoms with Gasteiger partial charge in [-0.1, -0.05) is 11.3 Å². The first-order valence-electron chi connectivity index (χ1n) is 4.40. The Balaban J connectivity index is 2.41. The van der Waals surface area contributed by atoms with Gasteiger partial charge >= 0.3 is 0 Å². The van der Waals surface area contributed by atoms with Crippen molar-refractivity contribution < 1.29 is 4.74 Å². The Bertz CT molecular complexity index is 504. The zero-order chi connectivity index (χ0) is 10.7. The Morgan fingerprint density at radius 2 is 1.93 bits per heavy atom. The molecule has 0 aliphatic rings. The van der Waals surface area contributed by atoms with Gasteiger partial charge in [0.05, 0.1) is 7.11 Å². The van der Waals surface area contributed by atoms with Crippen LogP contribution < -0.4 is 9.48 Å². The maximum absolute atomic E-state index is 11.1. The first-order valence-corrected chi connectivity index (χ1v) is 5.22. The lowest BCUT2D eigenvalue weighted by Gasteiger charge is -2.01. The van der Waals surface area contributed by atoms with Crippen molar-refractivity contribution in [3.8, 4) is 16.3 Å². The largest absolute Gasteiger partial charge is 0.497 e. The maximum atomic E-state index is 11.1. The first-order chi connectivity index (χ1) is 7.29. The molecule has 76 valence electrons. The first kappa shape index (κ1) is 9.86. The Morgan fingerprint density at radius 1 is 1.20 bits per heavy atom. The van der Waals surface area contributed by atoms with Crippen molar-refractivity contribution in [1.82, 2.24) is 4.98 Å². The van der Waals surface area contributed by atoms with Gasteiger partial charge in [-0.05, 0) is 24.3 Å². The van der Waals surface area contributed by atoms with Gasteiger partial charge in [-0.2, -0.15) is 0 Å². The number of rotatable bonds is 2. The van der Waals surface area contributed by atoms with Crippen LogP contribution >= 0.6 is 11.3 Å². The summed E-state index contributed by atoms with van der Waals surface area (Å²) in [6, 6.07) is 8.92. The Labute approximate surface area is 91.0 Å². The second kappa shape index (κ2) is 4.23. The fraction of sp³-hybridized carbons (Fsp3) is 0.0909. The second-order valence-corrected chi connectivity index (χ2v) is 3.89. The van der Waals surface area contributed by atoms with Crippen LogP contribution in [0.4, 0.5) is 0 Å². The SMILES string of the molecule is COc1ccc(-c2nccc(=O)s2)cc1. The average Bonchev–Trinajstić information content (AvgIpc) is 2.29. The van der Waals surface area contributed by atoms with Crippen LogP contribution in [-0.4, -0.2) is 12.1 Å². The van der Waals surface area contributed by atoms with Gasteiger partial charge in [0.2, 0.25) is 4.74 Å². The Hall–Kier alpha value is -1.68. The van der Waals surface area contributed by atoms with E-state index in [1.807, 2.05) is 24.3 Å². The molecule has 0 spiro atoms. The van der Waals surface area contributed by atoms with E-state index in [1.54, 1.807) is 7.11 Å². The highest BCUT2D eigenvalue weighted by Gasteiger charge is 2.00. The van der Waals surface area contributed by atoms with E-state index < -0.39 is 0 Å². The van der Waals surface area contributed by atoms with Crippen molar-refractivity contribution >= 4 is 11.3 Å². The minimum absolute atomic E-state index is 0.0100. The summed E-state index contributed by atoms with van der Waals surface area (Å²) in [5, 5.41) is 0.727. The fourth-order valence-electron chi connectivity index (χ4n) is 1.19. The van der Waals surface area contributed by atoms with E-state index in [2.05, 4.69) is 4.98 Å². The van der Waals surface area contributed by atoms with Crippen LogP contribution in [0.3, 0.4) is 0 Å². The third-order valence-corrected chi connectivity index (χ3v) is 2.81. The normalized spacial score (nSPS) is 9.93. The molecule has 2 aromatic rings. The van der Waals surface area contributed by atoms with Crippen LogP contribution in [0, 0.1) is 0 Å². The van der Waals surface area contributed by atoms with E-state index >= 15 is 0 Å². The number of hydrogen-bond donors (Lipinski definition) is 0. The van der Waals surface area contributed by atoms with Crippen molar-refractivity contribution in [2.24, 2.45) is 0 Å². The molecule has 0 aliphatic carbocycles. The van der Waals surface area contributed by atoms with E-state index in [-0.39, 0.29) is 4.74 Å². The number of aromatic nitrogens is 1. The van der Waals surface area contributed by atoms with Crippen molar-refractivity contribution in [3.63, 3.8) is 0 Å². The van der Waals surface area contributed by atoms with Gasteiger partial charge < -0.3 is 4.74 Å². The van der Waals surface area contributed by atoms with Gasteiger partial charge in [0.25, 0.3) is 0 Å². The number of benzene rings is 1. The zero-order valence-corrected chi connectivity index (χ0v) is 8.95. The highest BCUT2D eigenvalue weighted by molar-refractivity contribution is 7.12. The number of hydrogen-bond acceptors (Lipinski definition) is 4. The van der Waals surface area contributed by atoms with E-state index in [9.17, 15) is 4.79 Å². The van der Waals surface area contributed by atoms with Gasteiger partial charge in [-0.25, -0.2) is 4.98 Å². The Morgan fingerprint density at radius 3 is 2.53 bits per heavy atom. The number of nitrogens with zero attached hydrogens (tertiary/aromatic N) is 1. The molecule has 1 aromatic heterocycles. The molecule has 4 heteroatoms. The summed E-state index contributed by atoms with van der Waals surface area (Å²) < 4.78 is 5.06. The lowest BCUT2D eigenvalue weighted by Crippen LogP contribution is -1.92. The number of methoxy groups -OCH3 is 1. The molecule has 0 radical (unpaired) electrons. The second-order valence-electron chi connectivity index (χ2n) is 2.90. The van der Waals surface area contributed by atoms with Crippen LogP contribution in [-0.2, 0) is 0 Å². The summed E-state index contributed by atoms with van der Waals surface area (Å²) in [5.74, 6) is 0.794. The quantitative estimate of drug-likeness (QED) is 0.777. The molecule has 15 heavy (non-hydrogen) atoms. The molecule has 0 saturated heterocycles. The molecule has 0 fully saturated rings. The molecule has 0 amide bonds. The fourth-order valence-corrected chi connectivity index (χ4v) is 1.88. The molecular formula is C11H9NO2S.